The smallest absolute Gasteiger partial charge is 0.278 e. The molecule has 0 saturated heterocycles. The van der Waals surface area contributed by atoms with Crippen molar-refractivity contribution in [1.29, 1.82) is 0 Å². The molecule has 0 fully saturated rings. The van der Waals surface area contributed by atoms with E-state index in [1.54, 1.807) is 19.2 Å². The van der Waals surface area contributed by atoms with Gasteiger partial charge in [0.1, 0.15) is 17.2 Å². The summed E-state index contributed by atoms with van der Waals surface area (Å²) < 4.78 is 11.0. The number of nitrogens with zero attached hydrogens (tertiary/aromatic N) is 1. The molecule has 2 amide bonds. The van der Waals surface area contributed by atoms with E-state index < -0.39 is 0 Å². The molecule has 1 N–H and O–H groups in total. The minimum atomic E-state index is -0.379. The molecule has 1 aliphatic rings. The molecule has 1 aliphatic heterocycles. The third-order valence-electron chi connectivity index (χ3n) is 5.44. The molecule has 1 heterocycles. The van der Waals surface area contributed by atoms with Crippen LogP contribution in [-0.4, -0.2) is 30.4 Å². The molecule has 168 valence electrons. The molecular weight excluding hydrogens is 416 g/mol. The fourth-order valence-electron chi connectivity index (χ4n) is 3.76. The van der Waals surface area contributed by atoms with E-state index in [1.165, 1.54) is 4.90 Å². The first kappa shape index (κ1) is 22.1. The van der Waals surface area contributed by atoms with E-state index in [9.17, 15) is 9.59 Å². The van der Waals surface area contributed by atoms with Crippen LogP contribution in [0.2, 0.25) is 0 Å². The van der Waals surface area contributed by atoms with E-state index in [0.29, 0.717) is 29.2 Å². The van der Waals surface area contributed by atoms with Gasteiger partial charge in [0.2, 0.25) is 0 Å². The van der Waals surface area contributed by atoms with E-state index in [0.717, 1.165) is 16.9 Å². The molecule has 0 radical (unpaired) electrons. The van der Waals surface area contributed by atoms with E-state index in [2.05, 4.69) is 5.32 Å². The number of carbonyl (C=O) groups is 2. The van der Waals surface area contributed by atoms with Gasteiger partial charge in [0.05, 0.1) is 25.8 Å². The summed E-state index contributed by atoms with van der Waals surface area (Å²) >= 11 is 0. The molecule has 3 aromatic rings. The fourth-order valence-corrected chi connectivity index (χ4v) is 3.76. The maximum atomic E-state index is 13.5. The number of aryl methyl sites for hydroxylation is 1. The zero-order chi connectivity index (χ0) is 23.4. The minimum absolute atomic E-state index is 0.186. The van der Waals surface area contributed by atoms with Crippen LogP contribution in [0, 0.1) is 6.92 Å². The third kappa shape index (κ3) is 4.60. The lowest BCUT2D eigenvalue weighted by Crippen LogP contribution is -2.32. The molecule has 4 rings (SSSR count). The lowest BCUT2D eigenvalue weighted by atomic mass is 10.0. The summed E-state index contributed by atoms with van der Waals surface area (Å²) in [6.07, 6.45) is 0. The molecule has 3 aromatic carbocycles. The summed E-state index contributed by atoms with van der Waals surface area (Å²) in [4.78, 5) is 28.3. The summed E-state index contributed by atoms with van der Waals surface area (Å²) in [6, 6.07) is 22.3. The SMILES string of the molecule is CCOc1ccc(NC2=C(c3ccccc3OC)C(=O)N(Cc3ccc(C)cc3)C2=O)cc1. The molecule has 6 heteroatoms. The molecule has 0 bridgehead atoms. The summed E-state index contributed by atoms with van der Waals surface area (Å²) in [6.45, 7) is 4.67. The number of hydrogen-bond donors (Lipinski definition) is 1. The lowest BCUT2D eigenvalue weighted by molar-refractivity contribution is -0.137. The topological polar surface area (TPSA) is 67.9 Å². The van der Waals surface area contributed by atoms with Gasteiger partial charge in [-0.25, -0.2) is 0 Å². The minimum Gasteiger partial charge on any atom is -0.496 e. The standard InChI is InChI=1S/C27H26N2O4/c1-4-33-21-15-13-20(14-16-21)28-25-24(22-7-5-6-8-23(22)32-3)26(30)29(27(25)31)17-19-11-9-18(2)10-12-19/h5-16,28H,4,17H2,1-3H3. The average Bonchev–Trinajstić information content (AvgIpc) is 3.06. The maximum absolute atomic E-state index is 13.5. The maximum Gasteiger partial charge on any atom is 0.278 e. The van der Waals surface area contributed by atoms with Gasteiger partial charge in [-0.15, -0.1) is 0 Å². The van der Waals surface area contributed by atoms with Gasteiger partial charge in [-0.2, -0.15) is 0 Å². The molecule has 0 atom stereocenters. The van der Waals surface area contributed by atoms with Crippen LogP contribution in [0.1, 0.15) is 23.6 Å². The van der Waals surface area contributed by atoms with Crippen LogP contribution >= 0.6 is 0 Å². The van der Waals surface area contributed by atoms with Gasteiger partial charge in [-0.3, -0.25) is 14.5 Å². The Kier molecular flexibility index (Phi) is 6.45. The number of amides is 2. The van der Waals surface area contributed by atoms with Crippen molar-refractivity contribution < 1.29 is 19.1 Å². The Morgan fingerprint density at radius 3 is 2.24 bits per heavy atom. The highest BCUT2D eigenvalue weighted by molar-refractivity contribution is 6.36. The number of rotatable bonds is 8. The number of carbonyl (C=O) groups excluding carboxylic acids is 2. The Labute approximate surface area is 193 Å². The number of methoxy groups -OCH3 is 1. The molecule has 6 nitrogen and oxygen atoms in total. The first-order chi connectivity index (χ1) is 16.0. The second kappa shape index (κ2) is 9.61. The monoisotopic (exact) mass is 442 g/mol. The Balaban J connectivity index is 1.73. The van der Waals surface area contributed by atoms with Crippen LogP contribution in [0.4, 0.5) is 5.69 Å². The van der Waals surface area contributed by atoms with E-state index in [1.807, 2.05) is 74.5 Å². The van der Waals surface area contributed by atoms with Crippen LogP contribution in [-0.2, 0) is 16.1 Å². The second-order valence-electron chi connectivity index (χ2n) is 7.71. The predicted octanol–water partition coefficient (Wildman–Crippen LogP) is 4.79. The molecule has 0 unspecified atom stereocenters. The van der Waals surface area contributed by atoms with Crippen LogP contribution in [0.5, 0.6) is 11.5 Å². The van der Waals surface area contributed by atoms with E-state index >= 15 is 0 Å². The summed E-state index contributed by atoms with van der Waals surface area (Å²) in [5.41, 5.74) is 3.75. The fraction of sp³-hybridized carbons (Fsp3) is 0.185. The largest absolute Gasteiger partial charge is 0.496 e. The Morgan fingerprint density at radius 2 is 1.58 bits per heavy atom. The molecule has 0 aromatic heterocycles. The predicted molar refractivity (Wildman–Crippen MR) is 128 cm³/mol. The Morgan fingerprint density at radius 1 is 0.879 bits per heavy atom. The quantitative estimate of drug-likeness (QED) is 0.508. The van der Waals surface area contributed by atoms with Crippen LogP contribution in [0.3, 0.4) is 0 Å². The number of nitrogens with one attached hydrogen (secondary N) is 1. The molecule has 0 spiro atoms. The highest BCUT2D eigenvalue weighted by atomic mass is 16.5. The van der Waals surface area contributed by atoms with Crippen molar-refractivity contribution in [1.82, 2.24) is 4.90 Å². The van der Waals surface area contributed by atoms with Crippen molar-refractivity contribution in [2.75, 3.05) is 19.0 Å². The third-order valence-corrected chi connectivity index (χ3v) is 5.44. The zero-order valence-electron chi connectivity index (χ0n) is 18.9. The van der Waals surface area contributed by atoms with Crippen molar-refractivity contribution in [3.63, 3.8) is 0 Å². The van der Waals surface area contributed by atoms with Crippen LogP contribution < -0.4 is 14.8 Å². The number of ether oxygens (including phenoxy) is 2. The van der Waals surface area contributed by atoms with Crippen molar-refractivity contribution in [3.05, 3.63) is 95.2 Å². The first-order valence-corrected chi connectivity index (χ1v) is 10.8. The molecular formula is C27H26N2O4. The van der Waals surface area contributed by atoms with Crippen molar-refractivity contribution in [3.8, 4) is 11.5 Å². The molecule has 0 saturated carbocycles. The summed E-state index contributed by atoms with van der Waals surface area (Å²) in [7, 11) is 1.55. The van der Waals surface area contributed by atoms with Gasteiger partial charge in [0.25, 0.3) is 11.8 Å². The summed E-state index contributed by atoms with van der Waals surface area (Å²) in [5.74, 6) is 0.516. The van der Waals surface area contributed by atoms with Crippen molar-refractivity contribution in [2.24, 2.45) is 0 Å². The number of benzene rings is 3. The molecule has 0 aliphatic carbocycles. The van der Waals surface area contributed by atoms with Gasteiger partial charge in [0, 0.05) is 11.3 Å². The van der Waals surface area contributed by atoms with Gasteiger partial charge in [-0.1, -0.05) is 48.0 Å². The van der Waals surface area contributed by atoms with Gasteiger partial charge in [0.15, 0.2) is 0 Å². The van der Waals surface area contributed by atoms with Gasteiger partial charge < -0.3 is 14.8 Å². The van der Waals surface area contributed by atoms with Crippen LogP contribution in [0.15, 0.2) is 78.5 Å². The van der Waals surface area contributed by atoms with Gasteiger partial charge in [-0.05, 0) is 49.7 Å². The number of imide groups is 1. The van der Waals surface area contributed by atoms with Crippen LogP contribution in [0.25, 0.3) is 5.57 Å². The van der Waals surface area contributed by atoms with Gasteiger partial charge >= 0.3 is 0 Å². The highest BCUT2D eigenvalue weighted by Gasteiger charge is 2.40. The lowest BCUT2D eigenvalue weighted by Gasteiger charge is -2.16. The summed E-state index contributed by atoms with van der Waals surface area (Å²) in [5, 5.41) is 3.17. The van der Waals surface area contributed by atoms with E-state index in [4.69, 9.17) is 9.47 Å². The number of para-hydroxylation sites is 1. The second-order valence-corrected chi connectivity index (χ2v) is 7.71. The normalized spacial score (nSPS) is 13.5. The van der Waals surface area contributed by atoms with Crippen molar-refractivity contribution >= 4 is 23.1 Å². The number of hydrogen-bond acceptors (Lipinski definition) is 5. The first-order valence-electron chi connectivity index (χ1n) is 10.8. The average molecular weight is 443 g/mol. The number of anilines is 1. The molecule has 33 heavy (non-hydrogen) atoms. The Hall–Kier alpha value is -4.06. The van der Waals surface area contributed by atoms with Crippen molar-refractivity contribution in [2.45, 2.75) is 20.4 Å². The Bertz CT molecular complexity index is 1200. The van der Waals surface area contributed by atoms with E-state index in [-0.39, 0.29) is 24.1 Å². The zero-order valence-corrected chi connectivity index (χ0v) is 18.9. The highest BCUT2D eigenvalue weighted by Crippen LogP contribution is 2.36.